The number of thioether (sulfide) groups is 2. The Labute approximate surface area is 564 Å². The van der Waals surface area contributed by atoms with Crippen LogP contribution in [0.3, 0.4) is 0 Å². The van der Waals surface area contributed by atoms with E-state index in [-0.39, 0.29) is 54.2 Å². The summed E-state index contributed by atoms with van der Waals surface area (Å²) in [6, 6.07) is 20.5. The molecule has 0 amide bonds. The maximum absolute atomic E-state index is 13.8. The number of esters is 2. The third-order valence-corrected chi connectivity index (χ3v) is 21.1. The fourth-order valence-electron chi connectivity index (χ4n) is 12.2. The zero-order chi connectivity index (χ0) is 66.7. The SMILES string of the molecule is CCCCCCCCCCCCCCCCSCC(COc1ccc(C(C)(C)c2ccc(OCC(CSCCCCCCCCCCCCCCCC)OC(=O)Cc3cc(C(C)(C)C)c(O)c(C)c3C)cc2)cc1)OC(=O)Cc1cc(C(C)(C)C)c(O)c(C)c1C. The van der Waals surface area contributed by atoms with Gasteiger partial charge in [-0.15, -0.1) is 0 Å². The summed E-state index contributed by atoms with van der Waals surface area (Å²) in [5.74, 6) is 4.79. The fraction of sp³-hybridized carbons (Fsp3) is 0.679. The molecule has 512 valence electrons. The first-order chi connectivity index (χ1) is 43.5. The van der Waals surface area contributed by atoms with Crippen molar-refractivity contribution < 1.29 is 38.7 Å². The van der Waals surface area contributed by atoms with E-state index in [2.05, 4.69) is 93.5 Å². The number of ether oxygens (including phenoxy) is 4. The highest BCUT2D eigenvalue weighted by Gasteiger charge is 2.28. The van der Waals surface area contributed by atoms with E-state index in [1.165, 1.54) is 167 Å². The van der Waals surface area contributed by atoms with Crippen LogP contribution in [0.2, 0.25) is 0 Å². The highest BCUT2D eigenvalue weighted by Crippen LogP contribution is 2.39. The van der Waals surface area contributed by atoms with Gasteiger partial charge in [0.25, 0.3) is 0 Å². The van der Waals surface area contributed by atoms with E-state index in [4.69, 9.17) is 18.9 Å². The normalized spacial score (nSPS) is 12.7. The maximum Gasteiger partial charge on any atom is 0.310 e. The quantitative estimate of drug-likeness (QED) is 0.0328. The number of carbonyl (C=O) groups excluding carboxylic acids is 2. The van der Waals surface area contributed by atoms with Crippen LogP contribution in [-0.2, 0) is 48.1 Å². The molecule has 8 nitrogen and oxygen atoms in total. The molecule has 2 N–H and O–H groups in total. The molecule has 0 bridgehead atoms. The minimum absolute atomic E-state index is 0.128. The van der Waals surface area contributed by atoms with Crippen LogP contribution in [0.1, 0.15) is 305 Å². The first-order valence-corrected chi connectivity index (χ1v) is 38.4. The van der Waals surface area contributed by atoms with Gasteiger partial charge in [0.05, 0.1) is 12.8 Å². The van der Waals surface area contributed by atoms with Crippen LogP contribution in [-0.4, -0.2) is 70.6 Å². The van der Waals surface area contributed by atoms with Crippen LogP contribution >= 0.6 is 23.5 Å². The monoisotopic (exact) mass is 1290 g/mol. The zero-order valence-electron chi connectivity index (χ0n) is 60.0. The van der Waals surface area contributed by atoms with E-state index in [0.29, 0.717) is 23.0 Å². The van der Waals surface area contributed by atoms with Crippen molar-refractivity contribution in [2.75, 3.05) is 36.2 Å². The van der Waals surface area contributed by atoms with Gasteiger partial charge in [-0.25, -0.2) is 0 Å². The molecule has 2 unspecified atom stereocenters. The maximum atomic E-state index is 13.8. The van der Waals surface area contributed by atoms with E-state index >= 15 is 0 Å². The number of benzene rings is 4. The smallest absolute Gasteiger partial charge is 0.310 e. The van der Waals surface area contributed by atoms with E-state index in [1.807, 2.05) is 87.6 Å². The second kappa shape index (κ2) is 42.9. The number of hydrogen-bond acceptors (Lipinski definition) is 10. The Balaban J connectivity index is 1.34. The Morgan fingerprint density at radius 1 is 0.407 bits per heavy atom. The predicted octanol–water partition coefficient (Wildman–Crippen LogP) is 22.7. The number of carbonyl (C=O) groups is 2. The molecule has 4 aromatic carbocycles. The summed E-state index contributed by atoms with van der Waals surface area (Å²) < 4.78 is 25.4. The molecule has 10 heteroatoms. The number of unbranched alkanes of at least 4 members (excludes halogenated alkanes) is 26. The molecule has 0 aliphatic carbocycles. The van der Waals surface area contributed by atoms with E-state index in [0.717, 1.165) is 91.5 Å². The number of phenols is 2. The lowest BCUT2D eigenvalue weighted by Gasteiger charge is -2.27. The minimum atomic E-state index is -0.428. The van der Waals surface area contributed by atoms with Crippen LogP contribution < -0.4 is 9.47 Å². The summed E-state index contributed by atoms with van der Waals surface area (Å²) in [4.78, 5) is 27.6. The Hall–Kier alpha value is -4.28. The lowest BCUT2D eigenvalue weighted by Crippen LogP contribution is -2.29. The van der Waals surface area contributed by atoms with Crippen molar-refractivity contribution in [1.29, 1.82) is 0 Å². The third kappa shape index (κ3) is 29.9. The van der Waals surface area contributed by atoms with Gasteiger partial charge in [-0.2, -0.15) is 23.5 Å². The molecule has 91 heavy (non-hydrogen) atoms. The summed E-state index contributed by atoms with van der Waals surface area (Å²) in [7, 11) is 0. The van der Waals surface area contributed by atoms with E-state index < -0.39 is 12.2 Å². The average molecular weight is 1290 g/mol. The topological polar surface area (TPSA) is 112 Å². The zero-order valence-corrected chi connectivity index (χ0v) is 61.7. The fourth-order valence-corrected chi connectivity index (χ4v) is 14.2. The van der Waals surface area contributed by atoms with Crippen molar-refractivity contribution >= 4 is 35.5 Å². The largest absolute Gasteiger partial charge is 0.507 e. The molecule has 4 rings (SSSR count). The number of aromatic hydroxyl groups is 2. The van der Waals surface area contributed by atoms with Crippen molar-refractivity contribution in [3.05, 3.63) is 116 Å². The Morgan fingerprint density at radius 2 is 0.681 bits per heavy atom. The molecule has 2 atom stereocenters. The van der Waals surface area contributed by atoms with Gasteiger partial charge in [-0.1, -0.05) is 273 Å². The lowest BCUT2D eigenvalue weighted by molar-refractivity contribution is -0.149. The third-order valence-electron chi connectivity index (χ3n) is 18.7. The number of hydrogen-bond donors (Lipinski definition) is 2. The lowest BCUT2D eigenvalue weighted by atomic mass is 9.78. The molecule has 4 aromatic rings. The molecular formula is C81H128O8S2. The predicted molar refractivity (Wildman–Crippen MR) is 391 cm³/mol. The van der Waals surface area contributed by atoms with E-state index in [1.54, 1.807) is 0 Å². The summed E-state index contributed by atoms with van der Waals surface area (Å²) in [5, 5.41) is 22.1. The first-order valence-electron chi connectivity index (χ1n) is 36.1. The second-order valence-corrected chi connectivity index (χ2v) is 31.4. The number of rotatable bonds is 48. The van der Waals surface area contributed by atoms with Gasteiger partial charge < -0.3 is 29.2 Å². The Kier molecular flexibility index (Phi) is 37.3. The van der Waals surface area contributed by atoms with Crippen LogP contribution in [0.25, 0.3) is 0 Å². The molecular weight excluding hydrogens is 1170 g/mol. The van der Waals surface area contributed by atoms with Gasteiger partial charge in [-0.3, -0.25) is 9.59 Å². The Bertz CT molecular complexity index is 2480. The highest BCUT2D eigenvalue weighted by molar-refractivity contribution is 7.99. The second-order valence-electron chi connectivity index (χ2n) is 29.1. The standard InChI is InChI=1S/C81H128O8S2/c1-15-17-19-21-23-25-27-29-31-33-35-37-39-41-51-90-59-71(88-75(82)55-65-53-73(79(7,8)9)77(84)63(5)61(65)3)57-86-69-47-43-67(44-48-69)81(13,14)68-45-49-70(50-46-68)87-58-72(60-91-52-42-40-38-36-34-32-30-28-26-24-22-20-18-16-2)89-76(83)56-66-54-74(80(10,11)12)78(85)64(6)62(66)4/h43-50,53-54,71-72,84-85H,15-42,51-52,55-60H2,1-14H3. The van der Waals surface area contributed by atoms with Gasteiger partial charge in [0.15, 0.2) is 0 Å². The van der Waals surface area contributed by atoms with E-state index in [9.17, 15) is 19.8 Å². The van der Waals surface area contributed by atoms with Gasteiger partial charge in [0.2, 0.25) is 0 Å². The molecule has 0 heterocycles. The van der Waals surface area contributed by atoms with Gasteiger partial charge in [0.1, 0.15) is 48.4 Å². The average Bonchev–Trinajstić information content (AvgIpc) is 0.854. The first kappa shape index (κ1) is 79.2. The van der Waals surface area contributed by atoms with Crippen molar-refractivity contribution in [3.8, 4) is 23.0 Å². The van der Waals surface area contributed by atoms with Gasteiger partial charge >= 0.3 is 11.9 Å². The van der Waals surface area contributed by atoms with Gasteiger partial charge in [0, 0.05) is 16.9 Å². The van der Waals surface area contributed by atoms with Crippen molar-refractivity contribution in [2.45, 2.75) is 318 Å². The van der Waals surface area contributed by atoms with Gasteiger partial charge in [-0.05, 0) is 143 Å². The van der Waals surface area contributed by atoms with Crippen LogP contribution in [0.4, 0.5) is 0 Å². The molecule has 0 aliphatic rings. The van der Waals surface area contributed by atoms with Crippen LogP contribution in [0.5, 0.6) is 23.0 Å². The van der Waals surface area contributed by atoms with Crippen LogP contribution in [0.15, 0.2) is 60.7 Å². The summed E-state index contributed by atoms with van der Waals surface area (Å²) in [6.45, 7) is 29.7. The van der Waals surface area contributed by atoms with Crippen molar-refractivity contribution in [3.63, 3.8) is 0 Å². The van der Waals surface area contributed by atoms with Crippen LogP contribution in [0, 0.1) is 27.7 Å². The number of phenolic OH excluding ortho intramolecular Hbond substituents is 2. The molecule has 0 saturated heterocycles. The molecule has 0 aromatic heterocycles. The molecule has 0 spiro atoms. The summed E-state index contributed by atoms with van der Waals surface area (Å²) in [6.07, 6.45) is 36.8. The van der Waals surface area contributed by atoms with Crippen molar-refractivity contribution in [1.82, 2.24) is 0 Å². The Morgan fingerprint density at radius 3 is 0.956 bits per heavy atom. The summed E-state index contributed by atoms with van der Waals surface area (Å²) in [5.41, 5.74) is 8.22. The summed E-state index contributed by atoms with van der Waals surface area (Å²) >= 11 is 3.68. The molecule has 0 fully saturated rings. The molecule has 0 aliphatic heterocycles. The molecule has 0 radical (unpaired) electrons. The highest BCUT2D eigenvalue weighted by atomic mass is 32.2. The molecule has 0 saturated carbocycles. The van der Waals surface area contributed by atoms with Crippen molar-refractivity contribution in [2.24, 2.45) is 0 Å². The minimum Gasteiger partial charge on any atom is -0.507 e.